The number of rotatable bonds is 7. The fraction of sp³-hybridized carbons (Fsp3) is 0.368. The number of aryl methyl sites for hydroxylation is 1. The normalized spacial score (nSPS) is 12.5. The molecule has 132 valence electrons. The van der Waals surface area contributed by atoms with E-state index in [1.807, 2.05) is 28.6 Å². The Labute approximate surface area is 148 Å². The van der Waals surface area contributed by atoms with E-state index in [-0.39, 0.29) is 12.6 Å². The van der Waals surface area contributed by atoms with Crippen molar-refractivity contribution in [3.05, 3.63) is 65.2 Å². The molecular weight excluding hydrogens is 314 g/mol. The molecule has 3 rings (SSSR count). The van der Waals surface area contributed by atoms with Crippen LogP contribution in [-0.4, -0.2) is 31.3 Å². The largest absolute Gasteiger partial charge is 0.394 e. The van der Waals surface area contributed by atoms with E-state index in [2.05, 4.69) is 53.6 Å². The fourth-order valence-electron chi connectivity index (χ4n) is 3.03. The molecular formula is C19H25N5O. The molecule has 0 spiro atoms. The summed E-state index contributed by atoms with van der Waals surface area (Å²) in [5.41, 5.74) is 5.58. The lowest BCUT2D eigenvalue weighted by molar-refractivity contribution is 0.267. The average Bonchev–Trinajstić information content (AvgIpc) is 3.23. The predicted molar refractivity (Wildman–Crippen MR) is 97.6 cm³/mol. The maximum absolute atomic E-state index is 9.13. The number of hydrogen-bond donors (Lipinski definition) is 2. The number of benzene rings is 1. The van der Waals surface area contributed by atoms with E-state index < -0.39 is 0 Å². The second-order valence-electron chi connectivity index (χ2n) is 6.24. The van der Waals surface area contributed by atoms with Crippen molar-refractivity contribution in [2.75, 3.05) is 6.61 Å². The average molecular weight is 339 g/mol. The van der Waals surface area contributed by atoms with Crippen molar-refractivity contribution in [1.29, 1.82) is 0 Å². The van der Waals surface area contributed by atoms with Gasteiger partial charge in [0.1, 0.15) is 0 Å². The van der Waals surface area contributed by atoms with Crippen LogP contribution in [0.25, 0.3) is 5.69 Å². The molecule has 1 atom stereocenters. The van der Waals surface area contributed by atoms with Crippen LogP contribution in [0.15, 0.2) is 42.7 Å². The van der Waals surface area contributed by atoms with E-state index >= 15 is 0 Å². The maximum atomic E-state index is 9.13. The van der Waals surface area contributed by atoms with Crippen molar-refractivity contribution in [1.82, 2.24) is 24.9 Å². The van der Waals surface area contributed by atoms with Gasteiger partial charge in [0.25, 0.3) is 0 Å². The molecule has 0 fully saturated rings. The first-order valence-corrected chi connectivity index (χ1v) is 8.57. The Hall–Kier alpha value is -2.44. The number of aliphatic hydroxyl groups excluding tert-OH is 1. The molecule has 0 saturated heterocycles. The Bertz CT molecular complexity index is 822. The highest BCUT2D eigenvalue weighted by Gasteiger charge is 2.13. The van der Waals surface area contributed by atoms with E-state index in [1.54, 1.807) is 6.20 Å². The van der Waals surface area contributed by atoms with Crippen LogP contribution in [0.4, 0.5) is 0 Å². The second kappa shape index (κ2) is 7.63. The van der Waals surface area contributed by atoms with Crippen LogP contribution in [0.1, 0.15) is 35.5 Å². The quantitative estimate of drug-likeness (QED) is 0.694. The molecule has 0 amide bonds. The predicted octanol–water partition coefficient (Wildman–Crippen LogP) is 2.53. The van der Waals surface area contributed by atoms with Gasteiger partial charge in [-0.15, -0.1) is 0 Å². The standard InChI is InChI=1S/C19H25N5O/c1-14(17-6-4-7-18(12-17)24-9-5-8-21-24)20-13-19-15(2)22-23(10-11-25)16(19)3/h4-9,12,14,20,25H,10-11,13H2,1-3H3. The monoisotopic (exact) mass is 339 g/mol. The molecule has 25 heavy (non-hydrogen) atoms. The van der Waals surface area contributed by atoms with Gasteiger partial charge < -0.3 is 10.4 Å². The SMILES string of the molecule is Cc1nn(CCO)c(C)c1CNC(C)c1cccc(-n2cccn2)c1. The zero-order valence-electron chi connectivity index (χ0n) is 15.0. The van der Waals surface area contributed by atoms with E-state index in [0.29, 0.717) is 6.54 Å². The van der Waals surface area contributed by atoms with Crippen molar-refractivity contribution >= 4 is 0 Å². The van der Waals surface area contributed by atoms with Crippen LogP contribution >= 0.6 is 0 Å². The zero-order chi connectivity index (χ0) is 17.8. The second-order valence-corrected chi connectivity index (χ2v) is 6.24. The van der Waals surface area contributed by atoms with Gasteiger partial charge in [0.15, 0.2) is 0 Å². The van der Waals surface area contributed by atoms with Gasteiger partial charge in [-0.3, -0.25) is 4.68 Å². The third-order valence-corrected chi connectivity index (χ3v) is 4.57. The van der Waals surface area contributed by atoms with Crippen LogP contribution in [0, 0.1) is 13.8 Å². The van der Waals surface area contributed by atoms with E-state index in [0.717, 1.165) is 23.6 Å². The van der Waals surface area contributed by atoms with Gasteiger partial charge in [-0.2, -0.15) is 10.2 Å². The summed E-state index contributed by atoms with van der Waals surface area (Å²) in [6, 6.07) is 10.5. The van der Waals surface area contributed by atoms with Crippen LogP contribution in [0.5, 0.6) is 0 Å². The summed E-state index contributed by atoms with van der Waals surface area (Å²) in [6.45, 7) is 7.61. The number of nitrogens with one attached hydrogen (secondary N) is 1. The first kappa shape index (κ1) is 17.4. The smallest absolute Gasteiger partial charge is 0.0648 e. The Morgan fingerprint density at radius 2 is 2.08 bits per heavy atom. The third-order valence-electron chi connectivity index (χ3n) is 4.57. The highest BCUT2D eigenvalue weighted by atomic mass is 16.3. The van der Waals surface area contributed by atoms with Crippen molar-refractivity contribution in [2.24, 2.45) is 0 Å². The molecule has 2 heterocycles. The number of nitrogens with zero attached hydrogens (tertiary/aromatic N) is 4. The molecule has 6 nitrogen and oxygen atoms in total. The molecule has 6 heteroatoms. The lowest BCUT2D eigenvalue weighted by atomic mass is 10.1. The molecule has 2 N–H and O–H groups in total. The van der Waals surface area contributed by atoms with Gasteiger partial charge in [-0.05, 0) is 44.5 Å². The minimum atomic E-state index is 0.103. The summed E-state index contributed by atoms with van der Waals surface area (Å²) in [7, 11) is 0. The highest BCUT2D eigenvalue weighted by Crippen LogP contribution is 2.19. The van der Waals surface area contributed by atoms with Gasteiger partial charge >= 0.3 is 0 Å². The lowest BCUT2D eigenvalue weighted by Gasteiger charge is -2.16. The minimum Gasteiger partial charge on any atom is -0.394 e. The topological polar surface area (TPSA) is 67.9 Å². The first-order valence-electron chi connectivity index (χ1n) is 8.57. The Kier molecular flexibility index (Phi) is 5.31. The Morgan fingerprint density at radius 1 is 1.24 bits per heavy atom. The fourth-order valence-corrected chi connectivity index (χ4v) is 3.03. The summed E-state index contributed by atoms with van der Waals surface area (Å²) in [4.78, 5) is 0. The molecule has 3 aromatic rings. The van der Waals surface area contributed by atoms with Crippen LogP contribution in [-0.2, 0) is 13.1 Å². The Balaban J connectivity index is 1.71. The number of aliphatic hydroxyl groups is 1. The van der Waals surface area contributed by atoms with E-state index in [4.69, 9.17) is 5.11 Å². The molecule has 0 radical (unpaired) electrons. The third kappa shape index (κ3) is 3.81. The van der Waals surface area contributed by atoms with Crippen LogP contribution in [0.2, 0.25) is 0 Å². The number of hydrogen-bond acceptors (Lipinski definition) is 4. The van der Waals surface area contributed by atoms with Gasteiger partial charge in [0, 0.05) is 36.2 Å². The van der Waals surface area contributed by atoms with Crippen molar-refractivity contribution in [3.63, 3.8) is 0 Å². The van der Waals surface area contributed by atoms with E-state index in [1.165, 1.54) is 11.1 Å². The van der Waals surface area contributed by atoms with Gasteiger partial charge in [-0.25, -0.2) is 4.68 Å². The molecule has 0 aliphatic heterocycles. The molecule has 1 unspecified atom stereocenters. The summed E-state index contributed by atoms with van der Waals surface area (Å²) in [6.07, 6.45) is 3.73. The van der Waals surface area contributed by atoms with E-state index in [9.17, 15) is 0 Å². The minimum absolute atomic E-state index is 0.103. The lowest BCUT2D eigenvalue weighted by Crippen LogP contribution is -2.19. The van der Waals surface area contributed by atoms with Crippen molar-refractivity contribution in [2.45, 2.75) is 39.9 Å². The van der Waals surface area contributed by atoms with Crippen molar-refractivity contribution in [3.8, 4) is 5.69 Å². The molecule has 0 bridgehead atoms. The molecule has 2 aromatic heterocycles. The first-order chi connectivity index (χ1) is 12.1. The van der Waals surface area contributed by atoms with Crippen LogP contribution < -0.4 is 5.32 Å². The van der Waals surface area contributed by atoms with Gasteiger partial charge in [0.2, 0.25) is 0 Å². The highest BCUT2D eigenvalue weighted by molar-refractivity contribution is 5.36. The maximum Gasteiger partial charge on any atom is 0.0648 e. The van der Waals surface area contributed by atoms with Gasteiger partial charge in [-0.1, -0.05) is 12.1 Å². The number of aromatic nitrogens is 4. The van der Waals surface area contributed by atoms with Crippen molar-refractivity contribution < 1.29 is 5.11 Å². The summed E-state index contributed by atoms with van der Waals surface area (Å²) >= 11 is 0. The summed E-state index contributed by atoms with van der Waals surface area (Å²) in [5.74, 6) is 0. The molecule has 0 saturated carbocycles. The molecule has 0 aliphatic carbocycles. The molecule has 0 aliphatic rings. The zero-order valence-corrected chi connectivity index (χ0v) is 15.0. The molecule has 1 aromatic carbocycles. The van der Waals surface area contributed by atoms with Crippen LogP contribution in [0.3, 0.4) is 0 Å². The Morgan fingerprint density at radius 3 is 2.80 bits per heavy atom. The van der Waals surface area contributed by atoms with Gasteiger partial charge in [0.05, 0.1) is 24.5 Å². The summed E-state index contributed by atoms with van der Waals surface area (Å²) < 4.78 is 3.73. The summed E-state index contributed by atoms with van der Waals surface area (Å²) in [5, 5.41) is 21.5.